The zero-order valence-electron chi connectivity index (χ0n) is 11.3. The molecule has 2 aromatic heterocycles. The summed E-state index contributed by atoms with van der Waals surface area (Å²) in [7, 11) is 0. The van der Waals surface area contributed by atoms with Crippen LogP contribution in [0.4, 0.5) is 5.69 Å². The van der Waals surface area contributed by atoms with E-state index in [1.54, 1.807) is 10.9 Å². The Morgan fingerprint density at radius 1 is 1.29 bits per heavy atom. The first-order valence-corrected chi connectivity index (χ1v) is 7.62. The second-order valence-corrected chi connectivity index (χ2v) is 5.78. The van der Waals surface area contributed by atoms with Crippen molar-refractivity contribution in [1.29, 1.82) is 0 Å². The van der Waals surface area contributed by atoms with Crippen molar-refractivity contribution in [3.8, 4) is 5.69 Å². The first-order chi connectivity index (χ1) is 10.1. The average molecular weight is 367 g/mol. The molecule has 0 radical (unpaired) electrons. The first kappa shape index (κ1) is 14.2. The Labute approximate surface area is 135 Å². The Kier molecular flexibility index (Phi) is 4.03. The van der Waals surface area contributed by atoms with Gasteiger partial charge in [-0.15, -0.1) is 0 Å². The van der Waals surface area contributed by atoms with E-state index in [1.165, 1.54) is 0 Å². The zero-order chi connectivity index (χ0) is 14.8. The highest BCUT2D eigenvalue weighted by atomic mass is 79.9. The molecule has 2 heterocycles. The Bertz CT molecular complexity index is 739. The molecule has 1 unspecified atom stereocenters. The quantitative estimate of drug-likeness (QED) is 0.702. The second-order valence-electron chi connectivity index (χ2n) is 4.59. The Morgan fingerprint density at radius 2 is 2.14 bits per heavy atom. The lowest BCUT2D eigenvalue weighted by Crippen LogP contribution is -2.09. The third-order valence-electron chi connectivity index (χ3n) is 3.11. The summed E-state index contributed by atoms with van der Waals surface area (Å²) in [5.41, 5.74) is 1.72. The largest absolute Gasteiger partial charge is 0.452 e. The molecule has 6 heteroatoms. The fourth-order valence-electron chi connectivity index (χ4n) is 2.13. The van der Waals surface area contributed by atoms with Crippen LogP contribution in [0.25, 0.3) is 5.69 Å². The fraction of sp³-hybridized carbons (Fsp3) is 0.133. The van der Waals surface area contributed by atoms with Gasteiger partial charge < -0.3 is 9.73 Å². The number of para-hydroxylation sites is 1. The highest BCUT2D eigenvalue weighted by Crippen LogP contribution is 2.31. The van der Waals surface area contributed by atoms with Crippen LogP contribution < -0.4 is 5.32 Å². The Hall–Kier alpha value is -1.72. The number of benzene rings is 1. The van der Waals surface area contributed by atoms with Crippen LogP contribution >= 0.6 is 27.5 Å². The van der Waals surface area contributed by atoms with E-state index in [-0.39, 0.29) is 6.04 Å². The van der Waals surface area contributed by atoms with E-state index < -0.39 is 0 Å². The van der Waals surface area contributed by atoms with Gasteiger partial charge in [-0.3, -0.25) is 0 Å². The van der Waals surface area contributed by atoms with Crippen molar-refractivity contribution in [3.05, 3.63) is 64.2 Å². The van der Waals surface area contributed by atoms with E-state index >= 15 is 0 Å². The van der Waals surface area contributed by atoms with Crippen LogP contribution in [-0.2, 0) is 0 Å². The maximum Gasteiger partial charge on any atom is 0.169 e. The molecule has 0 fully saturated rings. The molecule has 3 rings (SSSR count). The minimum absolute atomic E-state index is 0.00378. The van der Waals surface area contributed by atoms with E-state index in [2.05, 4.69) is 26.3 Å². The minimum atomic E-state index is 0.00378. The summed E-state index contributed by atoms with van der Waals surface area (Å²) in [5, 5.41) is 8.30. The number of nitrogens with one attached hydrogen (secondary N) is 1. The monoisotopic (exact) mass is 365 g/mol. The van der Waals surface area contributed by atoms with Gasteiger partial charge in [0, 0.05) is 12.4 Å². The van der Waals surface area contributed by atoms with Crippen LogP contribution in [0.3, 0.4) is 0 Å². The normalized spacial score (nSPS) is 12.3. The second kappa shape index (κ2) is 5.95. The Morgan fingerprint density at radius 3 is 2.81 bits per heavy atom. The van der Waals surface area contributed by atoms with Crippen molar-refractivity contribution in [2.24, 2.45) is 0 Å². The summed E-state index contributed by atoms with van der Waals surface area (Å²) in [5.74, 6) is 0.841. The van der Waals surface area contributed by atoms with Gasteiger partial charge in [0.25, 0.3) is 0 Å². The van der Waals surface area contributed by atoms with Gasteiger partial charge in [-0.25, -0.2) is 4.68 Å². The lowest BCUT2D eigenvalue weighted by Gasteiger charge is -2.17. The van der Waals surface area contributed by atoms with Crippen molar-refractivity contribution in [2.45, 2.75) is 13.0 Å². The number of anilines is 1. The fourth-order valence-corrected chi connectivity index (χ4v) is 2.71. The van der Waals surface area contributed by atoms with Crippen molar-refractivity contribution < 1.29 is 4.42 Å². The number of rotatable bonds is 4. The summed E-state index contributed by atoms with van der Waals surface area (Å²) in [6, 6.07) is 11.4. The lowest BCUT2D eigenvalue weighted by atomic mass is 10.2. The number of aromatic nitrogens is 2. The van der Waals surface area contributed by atoms with E-state index in [4.69, 9.17) is 16.0 Å². The van der Waals surface area contributed by atoms with E-state index in [0.717, 1.165) is 17.1 Å². The van der Waals surface area contributed by atoms with Crippen molar-refractivity contribution >= 4 is 33.2 Å². The molecule has 0 aliphatic heterocycles. The van der Waals surface area contributed by atoms with Crippen LogP contribution in [0.2, 0.25) is 5.02 Å². The molecule has 3 aromatic rings. The van der Waals surface area contributed by atoms with Gasteiger partial charge in [0.2, 0.25) is 0 Å². The Balaban J connectivity index is 1.94. The molecule has 0 saturated carbocycles. The standard InChI is InChI=1S/C15H13BrClN3O/c1-10(13-6-7-14(16)21-13)19-12-5-2-4-11(17)15(12)20-9-3-8-18-20/h2-10,19H,1H3. The molecule has 0 saturated heterocycles. The molecular weight excluding hydrogens is 354 g/mol. The van der Waals surface area contributed by atoms with Crippen molar-refractivity contribution in [1.82, 2.24) is 9.78 Å². The number of halogens is 2. The number of nitrogens with zero attached hydrogens (tertiary/aromatic N) is 2. The topological polar surface area (TPSA) is 43.0 Å². The molecule has 4 nitrogen and oxygen atoms in total. The highest BCUT2D eigenvalue weighted by Gasteiger charge is 2.14. The highest BCUT2D eigenvalue weighted by molar-refractivity contribution is 9.10. The van der Waals surface area contributed by atoms with Gasteiger partial charge >= 0.3 is 0 Å². The van der Waals surface area contributed by atoms with Gasteiger partial charge in [0.1, 0.15) is 11.4 Å². The van der Waals surface area contributed by atoms with Crippen LogP contribution in [0, 0.1) is 0 Å². The van der Waals surface area contributed by atoms with Gasteiger partial charge in [-0.1, -0.05) is 17.7 Å². The first-order valence-electron chi connectivity index (χ1n) is 6.45. The van der Waals surface area contributed by atoms with Gasteiger partial charge in [0.05, 0.1) is 16.8 Å². The maximum absolute atomic E-state index is 6.32. The third-order valence-corrected chi connectivity index (χ3v) is 3.84. The predicted molar refractivity (Wildman–Crippen MR) is 87.0 cm³/mol. The van der Waals surface area contributed by atoms with E-state index in [1.807, 2.05) is 49.5 Å². The smallest absolute Gasteiger partial charge is 0.169 e. The molecular formula is C15H13BrClN3O. The molecule has 1 atom stereocenters. The maximum atomic E-state index is 6.32. The van der Waals surface area contributed by atoms with E-state index in [0.29, 0.717) is 9.69 Å². The SMILES string of the molecule is CC(Nc1cccc(Cl)c1-n1cccn1)c1ccc(Br)o1. The van der Waals surface area contributed by atoms with E-state index in [9.17, 15) is 0 Å². The van der Waals surface area contributed by atoms with Crippen LogP contribution in [0.15, 0.2) is 57.9 Å². The molecule has 108 valence electrons. The summed E-state index contributed by atoms with van der Waals surface area (Å²) < 4.78 is 8.04. The number of hydrogen-bond acceptors (Lipinski definition) is 3. The van der Waals surface area contributed by atoms with Crippen molar-refractivity contribution in [3.63, 3.8) is 0 Å². The summed E-state index contributed by atoms with van der Waals surface area (Å²) in [6.07, 6.45) is 3.58. The summed E-state index contributed by atoms with van der Waals surface area (Å²) in [6.45, 7) is 2.03. The van der Waals surface area contributed by atoms with Crippen LogP contribution in [0.1, 0.15) is 18.7 Å². The molecule has 0 aliphatic carbocycles. The summed E-state index contributed by atoms with van der Waals surface area (Å²) >= 11 is 9.64. The minimum Gasteiger partial charge on any atom is -0.452 e. The zero-order valence-corrected chi connectivity index (χ0v) is 13.6. The third kappa shape index (κ3) is 2.99. The lowest BCUT2D eigenvalue weighted by molar-refractivity contribution is 0.471. The molecule has 1 N–H and O–H groups in total. The van der Waals surface area contributed by atoms with Crippen molar-refractivity contribution in [2.75, 3.05) is 5.32 Å². The molecule has 21 heavy (non-hydrogen) atoms. The van der Waals surface area contributed by atoms with Crippen LogP contribution in [-0.4, -0.2) is 9.78 Å². The number of hydrogen-bond donors (Lipinski definition) is 1. The van der Waals surface area contributed by atoms with Gasteiger partial charge in [0.15, 0.2) is 4.67 Å². The molecule has 0 aliphatic rings. The number of furan rings is 1. The molecule has 0 amide bonds. The average Bonchev–Trinajstić information content (AvgIpc) is 3.10. The van der Waals surface area contributed by atoms with Gasteiger partial charge in [-0.2, -0.15) is 5.10 Å². The van der Waals surface area contributed by atoms with Gasteiger partial charge in [-0.05, 0) is 53.2 Å². The molecule has 1 aromatic carbocycles. The van der Waals surface area contributed by atoms with Crippen LogP contribution in [0.5, 0.6) is 0 Å². The molecule has 0 bridgehead atoms. The predicted octanol–water partition coefficient (Wildman–Crippen LogP) is 5.05. The summed E-state index contributed by atoms with van der Waals surface area (Å²) in [4.78, 5) is 0. The molecule has 0 spiro atoms.